The summed E-state index contributed by atoms with van der Waals surface area (Å²) in [6.45, 7) is 3.05. The first-order valence-corrected chi connectivity index (χ1v) is 7.35. The van der Waals surface area contributed by atoms with Crippen molar-refractivity contribution in [3.63, 3.8) is 0 Å². The van der Waals surface area contributed by atoms with Crippen LogP contribution < -0.4 is 20.5 Å². The third-order valence-electron chi connectivity index (χ3n) is 3.13. The fourth-order valence-electron chi connectivity index (χ4n) is 1.95. The minimum absolute atomic E-state index is 0.182. The molecule has 9 heteroatoms. The molecule has 0 amide bonds. The van der Waals surface area contributed by atoms with E-state index < -0.39 is 4.92 Å². The van der Waals surface area contributed by atoms with Crippen molar-refractivity contribution in [2.75, 3.05) is 24.8 Å². The zero-order valence-electron chi connectivity index (χ0n) is 13.5. The quantitative estimate of drug-likeness (QED) is 0.557. The van der Waals surface area contributed by atoms with E-state index in [2.05, 4.69) is 15.3 Å². The van der Waals surface area contributed by atoms with Gasteiger partial charge in [0.05, 0.1) is 18.6 Å². The van der Waals surface area contributed by atoms with Crippen molar-refractivity contribution < 1.29 is 14.4 Å². The van der Waals surface area contributed by atoms with Gasteiger partial charge < -0.3 is 20.5 Å². The number of hydrogen-bond donors (Lipinski definition) is 2. The highest BCUT2D eigenvalue weighted by Gasteiger charge is 2.14. The summed E-state index contributed by atoms with van der Waals surface area (Å²) in [5.41, 5.74) is 6.13. The van der Waals surface area contributed by atoms with Crippen LogP contribution in [0.3, 0.4) is 0 Å². The lowest BCUT2D eigenvalue weighted by atomic mass is 10.2. The van der Waals surface area contributed by atoms with E-state index in [-0.39, 0.29) is 17.5 Å². The molecule has 9 nitrogen and oxygen atoms in total. The molecular formula is C15H19N5O4. The Morgan fingerprint density at radius 2 is 2.17 bits per heavy atom. The molecule has 3 N–H and O–H groups in total. The summed E-state index contributed by atoms with van der Waals surface area (Å²) in [6, 6.07) is 5.55. The summed E-state index contributed by atoms with van der Waals surface area (Å²) in [5, 5.41) is 13.6. The Morgan fingerprint density at radius 3 is 2.79 bits per heavy atom. The highest BCUT2D eigenvalue weighted by molar-refractivity contribution is 5.53. The van der Waals surface area contributed by atoms with Crippen LogP contribution in [0.25, 0.3) is 0 Å². The molecule has 1 heterocycles. The van der Waals surface area contributed by atoms with Gasteiger partial charge in [-0.2, -0.15) is 4.98 Å². The molecule has 1 aromatic heterocycles. The van der Waals surface area contributed by atoms with Gasteiger partial charge in [0.25, 0.3) is 0 Å². The Kier molecular flexibility index (Phi) is 5.72. The van der Waals surface area contributed by atoms with Gasteiger partial charge in [-0.25, -0.2) is 4.98 Å². The first-order chi connectivity index (χ1) is 11.5. The molecule has 2 rings (SSSR count). The highest BCUT2D eigenvalue weighted by atomic mass is 16.6. The molecule has 0 unspecified atom stereocenters. The number of rotatable bonds is 8. The maximum Gasteiger partial charge on any atom is 0.329 e. The number of nitrogens with zero attached hydrogens (tertiary/aromatic N) is 3. The maximum atomic E-state index is 10.7. The SMILES string of the molecule is CCCOc1ccc(CNc2ncc([N+](=O)[O-])c(N)n2)cc1OC. The monoisotopic (exact) mass is 333 g/mol. The molecule has 0 aliphatic rings. The van der Waals surface area contributed by atoms with E-state index in [1.165, 1.54) is 0 Å². The Morgan fingerprint density at radius 1 is 1.38 bits per heavy atom. The molecule has 0 radical (unpaired) electrons. The normalized spacial score (nSPS) is 10.2. The summed E-state index contributed by atoms with van der Waals surface area (Å²) in [7, 11) is 1.57. The number of methoxy groups -OCH3 is 1. The van der Waals surface area contributed by atoms with Crippen LogP contribution in [0, 0.1) is 10.1 Å². The fraction of sp³-hybridized carbons (Fsp3) is 0.333. The van der Waals surface area contributed by atoms with Gasteiger partial charge in [-0.05, 0) is 24.1 Å². The summed E-state index contributed by atoms with van der Waals surface area (Å²) < 4.78 is 10.9. The zero-order valence-corrected chi connectivity index (χ0v) is 13.5. The minimum Gasteiger partial charge on any atom is -0.493 e. The van der Waals surface area contributed by atoms with E-state index in [1.807, 2.05) is 25.1 Å². The maximum absolute atomic E-state index is 10.7. The molecule has 0 spiro atoms. The van der Waals surface area contributed by atoms with Crippen molar-refractivity contribution in [1.29, 1.82) is 0 Å². The van der Waals surface area contributed by atoms with Crippen LogP contribution >= 0.6 is 0 Å². The molecule has 1 aromatic carbocycles. The van der Waals surface area contributed by atoms with Crippen LogP contribution in [0.4, 0.5) is 17.5 Å². The molecule has 0 atom stereocenters. The largest absolute Gasteiger partial charge is 0.493 e. The van der Waals surface area contributed by atoms with E-state index in [4.69, 9.17) is 15.2 Å². The number of hydrogen-bond acceptors (Lipinski definition) is 8. The molecule has 0 saturated heterocycles. The Bertz CT molecular complexity index is 723. The molecular weight excluding hydrogens is 314 g/mol. The van der Waals surface area contributed by atoms with Gasteiger partial charge in [0.2, 0.25) is 11.8 Å². The molecule has 2 aromatic rings. The Balaban J connectivity index is 2.06. The Hall–Kier alpha value is -3.10. The smallest absolute Gasteiger partial charge is 0.329 e. The number of benzene rings is 1. The van der Waals surface area contributed by atoms with Gasteiger partial charge in [0.1, 0.15) is 6.20 Å². The van der Waals surface area contributed by atoms with E-state index in [0.29, 0.717) is 24.7 Å². The second-order valence-electron chi connectivity index (χ2n) is 4.91. The van der Waals surface area contributed by atoms with Gasteiger partial charge in [-0.15, -0.1) is 0 Å². The third kappa shape index (κ3) is 4.22. The predicted molar refractivity (Wildman–Crippen MR) is 89.2 cm³/mol. The molecule has 24 heavy (non-hydrogen) atoms. The van der Waals surface area contributed by atoms with Gasteiger partial charge in [0.15, 0.2) is 11.5 Å². The molecule has 0 bridgehead atoms. The van der Waals surface area contributed by atoms with Gasteiger partial charge in [0, 0.05) is 6.54 Å². The predicted octanol–water partition coefficient (Wildman–Crippen LogP) is 2.38. The van der Waals surface area contributed by atoms with Crippen LogP contribution in [0.15, 0.2) is 24.4 Å². The molecule has 0 fully saturated rings. The van der Waals surface area contributed by atoms with Crippen LogP contribution in [0.5, 0.6) is 11.5 Å². The average Bonchev–Trinajstić information content (AvgIpc) is 2.58. The topological polar surface area (TPSA) is 125 Å². The van der Waals surface area contributed by atoms with Crippen LogP contribution in [0.2, 0.25) is 0 Å². The van der Waals surface area contributed by atoms with Crippen molar-refractivity contribution in [3.05, 3.63) is 40.1 Å². The summed E-state index contributed by atoms with van der Waals surface area (Å²) in [4.78, 5) is 17.8. The number of nitrogen functional groups attached to an aromatic ring is 1. The van der Waals surface area contributed by atoms with Crippen molar-refractivity contribution in [1.82, 2.24) is 9.97 Å². The van der Waals surface area contributed by atoms with Crippen molar-refractivity contribution in [2.24, 2.45) is 0 Å². The van der Waals surface area contributed by atoms with Crippen LogP contribution in [0.1, 0.15) is 18.9 Å². The molecule has 128 valence electrons. The highest BCUT2D eigenvalue weighted by Crippen LogP contribution is 2.28. The van der Waals surface area contributed by atoms with E-state index in [0.717, 1.165) is 18.2 Å². The number of anilines is 2. The molecule has 0 aliphatic heterocycles. The van der Waals surface area contributed by atoms with Crippen molar-refractivity contribution in [3.8, 4) is 11.5 Å². The number of nitro groups is 1. The van der Waals surface area contributed by atoms with Crippen LogP contribution in [-0.2, 0) is 6.54 Å². The lowest BCUT2D eigenvalue weighted by molar-refractivity contribution is -0.384. The van der Waals surface area contributed by atoms with Gasteiger partial charge in [-0.1, -0.05) is 13.0 Å². The van der Waals surface area contributed by atoms with Gasteiger partial charge >= 0.3 is 5.69 Å². The first kappa shape index (κ1) is 17.3. The average molecular weight is 333 g/mol. The third-order valence-corrected chi connectivity index (χ3v) is 3.13. The Labute approximate surface area is 139 Å². The number of nitrogens with two attached hydrogens (primary N) is 1. The summed E-state index contributed by atoms with van der Waals surface area (Å²) >= 11 is 0. The van der Waals surface area contributed by atoms with E-state index in [1.54, 1.807) is 7.11 Å². The number of aromatic nitrogens is 2. The standard InChI is InChI=1S/C15H19N5O4/c1-3-6-24-12-5-4-10(7-13(12)23-2)8-17-15-18-9-11(20(21)22)14(16)19-15/h4-5,7,9H,3,6,8H2,1-2H3,(H3,16,17,18,19). The molecule has 0 saturated carbocycles. The second kappa shape index (κ2) is 7.95. The number of ether oxygens (including phenoxy) is 2. The number of nitrogens with one attached hydrogen (secondary N) is 1. The second-order valence-corrected chi connectivity index (χ2v) is 4.91. The molecule has 0 aliphatic carbocycles. The summed E-state index contributed by atoms with van der Waals surface area (Å²) in [5.74, 6) is 1.34. The summed E-state index contributed by atoms with van der Waals surface area (Å²) in [6.07, 6.45) is 1.98. The van der Waals surface area contributed by atoms with Crippen molar-refractivity contribution >= 4 is 17.5 Å². The first-order valence-electron chi connectivity index (χ1n) is 7.35. The van der Waals surface area contributed by atoms with Gasteiger partial charge in [-0.3, -0.25) is 10.1 Å². The zero-order chi connectivity index (χ0) is 17.5. The van der Waals surface area contributed by atoms with Crippen molar-refractivity contribution in [2.45, 2.75) is 19.9 Å². The fourth-order valence-corrected chi connectivity index (χ4v) is 1.95. The van der Waals surface area contributed by atoms with E-state index in [9.17, 15) is 10.1 Å². The van der Waals surface area contributed by atoms with E-state index >= 15 is 0 Å². The lowest BCUT2D eigenvalue weighted by Gasteiger charge is -2.12. The lowest BCUT2D eigenvalue weighted by Crippen LogP contribution is -2.07. The minimum atomic E-state index is -0.626. The van der Waals surface area contributed by atoms with Crippen LogP contribution in [-0.4, -0.2) is 28.6 Å².